The van der Waals surface area contributed by atoms with Gasteiger partial charge in [0.2, 0.25) is 0 Å². The van der Waals surface area contributed by atoms with E-state index in [1.54, 1.807) is 61.5 Å². The van der Waals surface area contributed by atoms with Crippen LogP contribution in [0.25, 0.3) is 17.5 Å². The number of ether oxygens (including phenoxy) is 1. The van der Waals surface area contributed by atoms with E-state index < -0.39 is 28.3 Å². The molecule has 0 fully saturated rings. The van der Waals surface area contributed by atoms with Crippen molar-refractivity contribution in [1.82, 2.24) is 4.57 Å². The monoisotopic (exact) mass is 636 g/mol. The molecule has 0 aliphatic carbocycles. The van der Waals surface area contributed by atoms with E-state index in [9.17, 15) is 24.5 Å². The number of nitrogens with one attached hydrogen (secondary N) is 1. The first-order valence-corrected chi connectivity index (χ1v) is 14.4. The molecule has 4 aromatic rings. The number of nitrogens with two attached hydrogens (primary N) is 1. The predicted molar refractivity (Wildman–Crippen MR) is 166 cm³/mol. The molecule has 13 heteroatoms. The largest absolute Gasteiger partial charge is 0.463 e. The summed E-state index contributed by atoms with van der Waals surface area (Å²) in [7, 11) is 0. The number of aromatic nitrogens is 1. The number of non-ortho nitro benzene ring substituents is 1. The Morgan fingerprint density at radius 3 is 2.44 bits per heavy atom. The zero-order chi connectivity index (χ0) is 30.8. The predicted octanol–water partition coefficient (Wildman–Crippen LogP) is 4.23. The molecule has 1 unspecified atom stereocenters. The third kappa shape index (κ3) is 5.70. The number of hydrogen-bond donors (Lipinski definition) is 2. The van der Waals surface area contributed by atoms with Gasteiger partial charge in [0, 0.05) is 27.9 Å². The van der Waals surface area contributed by atoms with Gasteiger partial charge in [0.1, 0.15) is 10.5 Å². The number of carbonyl (C=O) groups excluding carboxylic acids is 2. The number of benzene rings is 3. The van der Waals surface area contributed by atoms with Crippen LogP contribution in [0.15, 0.2) is 83.2 Å². The van der Waals surface area contributed by atoms with E-state index in [4.69, 9.17) is 33.7 Å². The van der Waals surface area contributed by atoms with Crippen molar-refractivity contribution in [2.24, 2.45) is 5.73 Å². The lowest BCUT2D eigenvalue weighted by atomic mass is 9.82. The molecule has 218 valence electrons. The van der Waals surface area contributed by atoms with Gasteiger partial charge in [0.25, 0.3) is 17.2 Å². The number of fused-ring (bicyclic) bond motifs is 1. The number of anilines is 1. The van der Waals surface area contributed by atoms with Crippen LogP contribution in [0.4, 0.5) is 11.4 Å². The van der Waals surface area contributed by atoms with Crippen molar-refractivity contribution in [1.29, 1.82) is 0 Å². The molecule has 43 heavy (non-hydrogen) atoms. The quantitative estimate of drug-likeness (QED) is 0.175. The second kappa shape index (κ2) is 12.3. The van der Waals surface area contributed by atoms with Crippen LogP contribution in [-0.2, 0) is 14.3 Å². The Kier molecular flexibility index (Phi) is 8.49. The van der Waals surface area contributed by atoms with E-state index in [-0.39, 0.29) is 49.2 Å². The molecule has 0 spiro atoms. The van der Waals surface area contributed by atoms with Crippen LogP contribution in [-0.4, -0.2) is 28.0 Å². The molecule has 10 nitrogen and oxygen atoms in total. The first-order chi connectivity index (χ1) is 20.6. The van der Waals surface area contributed by atoms with E-state index in [1.165, 1.54) is 24.3 Å². The van der Waals surface area contributed by atoms with Gasteiger partial charge < -0.3 is 15.8 Å². The SMILES string of the molecule is CCOC(=O)C1=C(N)n2c(s/c(=C\c3ccccc3Cl)c2=O)=C(C(=O)Nc2cccc([N+](=O)[O-])c2)C1c1ccccc1Cl. The second-order valence-electron chi connectivity index (χ2n) is 9.23. The Morgan fingerprint density at radius 1 is 1.07 bits per heavy atom. The van der Waals surface area contributed by atoms with Gasteiger partial charge in [-0.25, -0.2) is 4.79 Å². The molecule has 1 aliphatic rings. The molecule has 0 bridgehead atoms. The fourth-order valence-electron chi connectivity index (χ4n) is 4.73. The Bertz CT molecular complexity index is 2020. The lowest BCUT2D eigenvalue weighted by Gasteiger charge is -2.28. The minimum atomic E-state index is -1.15. The van der Waals surface area contributed by atoms with Crippen LogP contribution in [0.3, 0.4) is 0 Å². The van der Waals surface area contributed by atoms with E-state index in [1.807, 2.05) is 0 Å². The number of halogens is 2. The standard InChI is InChI=1S/C30H22Cl2N4O6S/c1-2-42-30(39)24-23(19-11-4-6-13-21(19)32)25(27(37)34-17-9-7-10-18(15-17)36(40)41)29-35(26(24)33)28(38)22(43-29)14-16-8-3-5-12-20(16)31/h3-15,23H,2,33H2,1H3,(H,34,37)/b22-14-. The number of nitrogens with zero attached hydrogens (tertiary/aromatic N) is 2. The van der Waals surface area contributed by atoms with Crippen molar-refractivity contribution >= 4 is 75.3 Å². The van der Waals surface area contributed by atoms with Crippen molar-refractivity contribution in [3.05, 3.63) is 129 Å². The maximum absolute atomic E-state index is 14.2. The van der Waals surface area contributed by atoms with Gasteiger partial charge >= 0.3 is 5.97 Å². The average molecular weight is 638 g/mol. The summed E-state index contributed by atoms with van der Waals surface area (Å²) in [6, 6.07) is 18.9. The number of amides is 1. The summed E-state index contributed by atoms with van der Waals surface area (Å²) in [6.07, 6.45) is 1.57. The van der Waals surface area contributed by atoms with Crippen molar-refractivity contribution in [2.45, 2.75) is 12.8 Å². The molecule has 2 heterocycles. The zero-order valence-corrected chi connectivity index (χ0v) is 24.7. The number of hydrogen-bond acceptors (Lipinski definition) is 8. The maximum atomic E-state index is 14.2. The third-order valence-corrected chi connectivity index (χ3v) is 8.41. The third-order valence-electron chi connectivity index (χ3n) is 6.61. The van der Waals surface area contributed by atoms with Crippen LogP contribution in [0, 0.1) is 10.1 Å². The van der Waals surface area contributed by atoms with Gasteiger partial charge in [-0.3, -0.25) is 24.3 Å². The highest BCUT2D eigenvalue weighted by atomic mass is 35.5. The van der Waals surface area contributed by atoms with Gasteiger partial charge in [-0.05, 0) is 42.3 Å². The molecular formula is C30H22Cl2N4O6S. The number of carbonyl (C=O) groups is 2. The first-order valence-electron chi connectivity index (χ1n) is 12.8. The highest BCUT2D eigenvalue weighted by molar-refractivity contribution is 7.07. The lowest BCUT2D eigenvalue weighted by molar-refractivity contribution is -0.384. The van der Waals surface area contributed by atoms with Crippen molar-refractivity contribution in [3.63, 3.8) is 0 Å². The summed E-state index contributed by atoms with van der Waals surface area (Å²) in [5.74, 6) is -2.95. The summed E-state index contributed by atoms with van der Waals surface area (Å²) in [4.78, 5) is 52.2. The molecule has 1 amide bonds. The van der Waals surface area contributed by atoms with Gasteiger partial charge in [0.05, 0.1) is 33.1 Å². The van der Waals surface area contributed by atoms with Crippen LogP contribution in [0.1, 0.15) is 24.0 Å². The summed E-state index contributed by atoms with van der Waals surface area (Å²) in [6.45, 7) is 1.61. The highest BCUT2D eigenvalue weighted by Crippen LogP contribution is 2.40. The molecule has 3 aromatic carbocycles. The Hall–Kier alpha value is -4.71. The van der Waals surface area contributed by atoms with Crippen LogP contribution >= 0.6 is 34.5 Å². The Labute approximate surface area is 258 Å². The zero-order valence-electron chi connectivity index (χ0n) is 22.4. The number of nitro groups is 1. The summed E-state index contributed by atoms with van der Waals surface area (Å²) >= 11 is 13.9. The molecule has 0 saturated carbocycles. The first kappa shape index (κ1) is 29.8. The lowest BCUT2D eigenvalue weighted by Crippen LogP contribution is -2.42. The van der Waals surface area contributed by atoms with E-state index >= 15 is 0 Å². The van der Waals surface area contributed by atoms with Crippen molar-refractivity contribution in [2.75, 3.05) is 11.9 Å². The van der Waals surface area contributed by atoms with E-state index in [0.717, 1.165) is 15.9 Å². The molecule has 0 saturated heterocycles. The summed E-state index contributed by atoms with van der Waals surface area (Å²) in [5, 5.41) is 14.7. The average Bonchev–Trinajstić information content (AvgIpc) is 3.30. The molecule has 1 aromatic heterocycles. The van der Waals surface area contributed by atoms with Gasteiger partial charge in [-0.15, -0.1) is 11.3 Å². The summed E-state index contributed by atoms with van der Waals surface area (Å²) < 4.78 is 6.75. The number of rotatable bonds is 7. The van der Waals surface area contributed by atoms with Gasteiger partial charge in [0.15, 0.2) is 0 Å². The molecule has 3 N–H and O–H groups in total. The number of esters is 1. The van der Waals surface area contributed by atoms with Crippen LogP contribution in [0.5, 0.6) is 0 Å². The van der Waals surface area contributed by atoms with E-state index in [0.29, 0.717) is 16.1 Å². The smallest absolute Gasteiger partial charge is 0.338 e. The normalized spacial score (nSPS) is 14.8. The fourth-order valence-corrected chi connectivity index (χ4v) is 6.33. The molecule has 1 aliphatic heterocycles. The van der Waals surface area contributed by atoms with E-state index in [2.05, 4.69) is 5.32 Å². The minimum absolute atomic E-state index is 0.00298. The molecule has 5 rings (SSSR count). The van der Waals surface area contributed by atoms with Crippen LogP contribution in [0.2, 0.25) is 10.0 Å². The summed E-state index contributed by atoms with van der Waals surface area (Å²) in [5.41, 5.74) is 6.58. The number of nitro benzene ring substituents is 1. The van der Waals surface area contributed by atoms with Crippen LogP contribution < -0.4 is 25.8 Å². The number of thiazole rings is 1. The molecular weight excluding hydrogens is 615 g/mol. The Balaban J connectivity index is 1.85. The molecule has 0 radical (unpaired) electrons. The Morgan fingerprint density at radius 2 is 1.77 bits per heavy atom. The maximum Gasteiger partial charge on any atom is 0.338 e. The van der Waals surface area contributed by atoms with Crippen molar-refractivity contribution in [3.8, 4) is 0 Å². The van der Waals surface area contributed by atoms with Gasteiger partial charge in [-0.1, -0.05) is 65.7 Å². The van der Waals surface area contributed by atoms with Gasteiger partial charge in [-0.2, -0.15) is 0 Å². The second-order valence-corrected chi connectivity index (χ2v) is 11.1. The fraction of sp³-hybridized carbons (Fsp3) is 0.100. The minimum Gasteiger partial charge on any atom is -0.463 e. The topological polar surface area (TPSA) is 147 Å². The molecule has 1 atom stereocenters. The highest BCUT2D eigenvalue weighted by Gasteiger charge is 2.40. The van der Waals surface area contributed by atoms with Crippen molar-refractivity contribution < 1.29 is 19.2 Å².